The first-order valence-corrected chi connectivity index (χ1v) is 5.64. The van der Waals surface area contributed by atoms with Crippen molar-refractivity contribution in [3.05, 3.63) is 30.1 Å². The summed E-state index contributed by atoms with van der Waals surface area (Å²) in [4.78, 5) is 6.38. The Bertz CT molecular complexity index is 289. The van der Waals surface area contributed by atoms with Crippen LogP contribution in [0.5, 0.6) is 0 Å². The molecule has 0 amide bonds. The number of aromatic nitrogens is 1. The highest BCUT2D eigenvalue weighted by Gasteiger charge is 2.21. The van der Waals surface area contributed by atoms with E-state index in [1.807, 2.05) is 24.5 Å². The molecule has 1 atom stereocenters. The minimum absolute atomic E-state index is 0.283. The average Bonchev–Trinajstić information content (AvgIpc) is 2.31. The van der Waals surface area contributed by atoms with Gasteiger partial charge >= 0.3 is 0 Å². The van der Waals surface area contributed by atoms with E-state index < -0.39 is 0 Å². The van der Waals surface area contributed by atoms with Crippen molar-refractivity contribution in [1.29, 1.82) is 0 Å². The number of pyridine rings is 1. The maximum atomic E-state index is 9.29. The number of aliphatic hydroxyl groups excluding tert-OH is 1. The van der Waals surface area contributed by atoms with Gasteiger partial charge in [-0.1, -0.05) is 6.42 Å². The van der Waals surface area contributed by atoms with Gasteiger partial charge in [-0.3, -0.25) is 9.88 Å². The van der Waals surface area contributed by atoms with Crippen molar-refractivity contribution >= 4 is 0 Å². The van der Waals surface area contributed by atoms with Crippen LogP contribution in [0, 0.1) is 0 Å². The van der Waals surface area contributed by atoms with Crippen molar-refractivity contribution in [3.63, 3.8) is 0 Å². The molecule has 0 saturated carbocycles. The van der Waals surface area contributed by atoms with Gasteiger partial charge in [-0.05, 0) is 37.1 Å². The van der Waals surface area contributed by atoms with Gasteiger partial charge in [-0.25, -0.2) is 0 Å². The molecular weight excluding hydrogens is 188 g/mol. The molecule has 3 heteroatoms. The van der Waals surface area contributed by atoms with Gasteiger partial charge in [0, 0.05) is 25.0 Å². The first-order valence-electron chi connectivity index (χ1n) is 5.64. The lowest BCUT2D eigenvalue weighted by Crippen LogP contribution is -2.41. The molecule has 0 bridgehead atoms. The molecule has 0 aromatic carbocycles. The summed E-state index contributed by atoms with van der Waals surface area (Å²) in [6.45, 7) is 2.33. The van der Waals surface area contributed by atoms with Gasteiger partial charge in [0.25, 0.3) is 0 Å². The van der Waals surface area contributed by atoms with Crippen LogP contribution in [0.3, 0.4) is 0 Å². The fraction of sp³-hybridized carbons (Fsp3) is 0.583. The predicted octanol–water partition coefficient (Wildman–Crippen LogP) is 1.43. The van der Waals surface area contributed by atoms with Crippen LogP contribution in [0.4, 0.5) is 0 Å². The number of hydrogen-bond donors (Lipinski definition) is 1. The highest BCUT2D eigenvalue weighted by Crippen LogP contribution is 2.18. The molecule has 1 fully saturated rings. The van der Waals surface area contributed by atoms with Crippen molar-refractivity contribution in [2.45, 2.75) is 31.8 Å². The minimum Gasteiger partial charge on any atom is -0.395 e. The van der Waals surface area contributed by atoms with Gasteiger partial charge in [0.15, 0.2) is 0 Å². The third-order valence-corrected chi connectivity index (χ3v) is 3.09. The van der Waals surface area contributed by atoms with Gasteiger partial charge in [0.05, 0.1) is 6.61 Å². The van der Waals surface area contributed by atoms with Crippen LogP contribution in [0.2, 0.25) is 0 Å². The summed E-state index contributed by atoms with van der Waals surface area (Å²) in [5, 5.41) is 9.29. The molecular formula is C12H18N2O. The van der Waals surface area contributed by atoms with E-state index in [1.165, 1.54) is 18.4 Å². The quantitative estimate of drug-likeness (QED) is 0.812. The molecule has 0 unspecified atom stereocenters. The summed E-state index contributed by atoms with van der Waals surface area (Å²) in [6, 6.07) is 4.44. The van der Waals surface area contributed by atoms with E-state index in [0.29, 0.717) is 6.04 Å². The van der Waals surface area contributed by atoms with E-state index >= 15 is 0 Å². The molecule has 1 aromatic heterocycles. The van der Waals surface area contributed by atoms with Crippen LogP contribution in [0.1, 0.15) is 24.8 Å². The van der Waals surface area contributed by atoms with Gasteiger partial charge in [-0.15, -0.1) is 0 Å². The van der Waals surface area contributed by atoms with Crippen molar-refractivity contribution in [2.24, 2.45) is 0 Å². The van der Waals surface area contributed by atoms with Gasteiger partial charge < -0.3 is 5.11 Å². The van der Waals surface area contributed by atoms with Crippen LogP contribution >= 0.6 is 0 Å². The van der Waals surface area contributed by atoms with Crippen molar-refractivity contribution in [3.8, 4) is 0 Å². The maximum absolute atomic E-state index is 9.29. The van der Waals surface area contributed by atoms with E-state index in [0.717, 1.165) is 19.5 Å². The summed E-state index contributed by atoms with van der Waals surface area (Å²) >= 11 is 0. The molecule has 1 N–H and O–H groups in total. The van der Waals surface area contributed by atoms with Gasteiger partial charge in [0.1, 0.15) is 0 Å². The lowest BCUT2D eigenvalue weighted by atomic mass is 10.0. The Morgan fingerprint density at radius 1 is 1.33 bits per heavy atom. The molecule has 2 heterocycles. The first kappa shape index (κ1) is 10.6. The number of aliphatic hydroxyl groups is 1. The Morgan fingerprint density at radius 3 is 2.87 bits per heavy atom. The summed E-state index contributed by atoms with van der Waals surface area (Å²) in [5.41, 5.74) is 1.28. The van der Waals surface area contributed by atoms with Crippen LogP contribution < -0.4 is 0 Å². The normalized spacial score (nSPS) is 22.9. The molecule has 1 aromatic rings. The molecule has 0 spiro atoms. The van der Waals surface area contributed by atoms with Gasteiger partial charge in [0.2, 0.25) is 0 Å². The van der Waals surface area contributed by atoms with Crippen LogP contribution in [-0.2, 0) is 6.54 Å². The zero-order valence-corrected chi connectivity index (χ0v) is 8.97. The largest absolute Gasteiger partial charge is 0.395 e. The Labute approximate surface area is 90.8 Å². The van der Waals surface area contributed by atoms with E-state index in [1.54, 1.807) is 0 Å². The molecule has 15 heavy (non-hydrogen) atoms. The lowest BCUT2D eigenvalue weighted by Gasteiger charge is -2.34. The SMILES string of the molecule is OC[C@@H]1CCCCN1Cc1ccncc1. The standard InChI is InChI=1S/C12H18N2O/c15-10-12-3-1-2-8-14(12)9-11-4-6-13-7-5-11/h4-7,12,15H,1-3,8-10H2/t12-/m0/s1. The number of piperidine rings is 1. The fourth-order valence-electron chi connectivity index (χ4n) is 2.20. The first-order chi connectivity index (χ1) is 7.40. The Balaban J connectivity index is 1.97. The molecule has 0 radical (unpaired) electrons. The molecule has 1 aliphatic rings. The number of likely N-dealkylation sites (tertiary alicyclic amines) is 1. The topological polar surface area (TPSA) is 36.4 Å². The monoisotopic (exact) mass is 206 g/mol. The van der Waals surface area contributed by atoms with E-state index in [4.69, 9.17) is 0 Å². The minimum atomic E-state index is 0.283. The van der Waals surface area contributed by atoms with E-state index in [-0.39, 0.29) is 6.61 Å². The van der Waals surface area contributed by atoms with Gasteiger partial charge in [-0.2, -0.15) is 0 Å². The van der Waals surface area contributed by atoms with E-state index in [2.05, 4.69) is 9.88 Å². The second-order valence-electron chi connectivity index (χ2n) is 4.16. The third kappa shape index (κ3) is 2.76. The lowest BCUT2D eigenvalue weighted by molar-refractivity contribution is 0.0841. The molecule has 1 saturated heterocycles. The fourth-order valence-corrected chi connectivity index (χ4v) is 2.20. The van der Waals surface area contributed by atoms with Crippen LogP contribution in [0.15, 0.2) is 24.5 Å². The number of hydrogen-bond acceptors (Lipinski definition) is 3. The zero-order chi connectivity index (χ0) is 10.5. The third-order valence-electron chi connectivity index (χ3n) is 3.09. The molecule has 0 aliphatic carbocycles. The summed E-state index contributed by atoms with van der Waals surface area (Å²) in [5.74, 6) is 0. The average molecular weight is 206 g/mol. The van der Waals surface area contributed by atoms with Crippen LogP contribution in [-0.4, -0.2) is 34.2 Å². The summed E-state index contributed by atoms with van der Waals surface area (Å²) in [7, 11) is 0. The molecule has 1 aliphatic heterocycles. The van der Waals surface area contributed by atoms with Crippen LogP contribution in [0.25, 0.3) is 0 Å². The Kier molecular flexibility index (Phi) is 3.69. The number of nitrogens with zero attached hydrogens (tertiary/aromatic N) is 2. The Hall–Kier alpha value is -0.930. The Morgan fingerprint density at radius 2 is 2.13 bits per heavy atom. The summed E-state index contributed by atoms with van der Waals surface area (Å²) < 4.78 is 0. The maximum Gasteiger partial charge on any atom is 0.0586 e. The molecule has 82 valence electrons. The van der Waals surface area contributed by atoms with Crippen molar-refractivity contribution in [2.75, 3.05) is 13.2 Å². The molecule has 3 nitrogen and oxygen atoms in total. The van der Waals surface area contributed by atoms with E-state index in [9.17, 15) is 5.11 Å². The summed E-state index contributed by atoms with van der Waals surface area (Å²) in [6.07, 6.45) is 7.28. The molecule has 2 rings (SSSR count). The zero-order valence-electron chi connectivity index (χ0n) is 8.97. The van der Waals surface area contributed by atoms with Crippen molar-refractivity contribution < 1.29 is 5.11 Å². The second kappa shape index (κ2) is 5.24. The smallest absolute Gasteiger partial charge is 0.0586 e. The number of rotatable bonds is 3. The highest BCUT2D eigenvalue weighted by molar-refractivity contribution is 5.09. The predicted molar refractivity (Wildman–Crippen MR) is 59.4 cm³/mol. The highest BCUT2D eigenvalue weighted by atomic mass is 16.3. The second-order valence-corrected chi connectivity index (χ2v) is 4.16. The van der Waals surface area contributed by atoms with Crippen molar-refractivity contribution in [1.82, 2.24) is 9.88 Å².